The highest BCUT2D eigenvalue weighted by Crippen LogP contribution is 2.30. The van der Waals surface area contributed by atoms with E-state index in [9.17, 15) is 9.59 Å². The van der Waals surface area contributed by atoms with Crippen LogP contribution in [0.4, 0.5) is 27.8 Å². The lowest BCUT2D eigenvalue weighted by molar-refractivity contribution is -0.115. The van der Waals surface area contributed by atoms with E-state index in [1.807, 2.05) is 0 Å². The van der Waals surface area contributed by atoms with Gasteiger partial charge in [-0.05, 0) is 31.3 Å². The summed E-state index contributed by atoms with van der Waals surface area (Å²) in [6.45, 7) is -0.125. The van der Waals surface area contributed by atoms with Gasteiger partial charge in [-0.3, -0.25) is 4.79 Å². The molecule has 2 aromatic rings. The first-order valence-corrected chi connectivity index (χ1v) is 8.22. The van der Waals surface area contributed by atoms with Gasteiger partial charge >= 0.3 is 6.09 Å². The second-order valence-electron chi connectivity index (χ2n) is 5.29. The van der Waals surface area contributed by atoms with Crippen LogP contribution in [0.25, 0.3) is 0 Å². The van der Waals surface area contributed by atoms with Crippen molar-refractivity contribution in [3.63, 3.8) is 0 Å². The number of benzene rings is 1. The zero-order valence-electron chi connectivity index (χ0n) is 15.4. The number of rotatable bonds is 8. The van der Waals surface area contributed by atoms with Gasteiger partial charge < -0.3 is 31.2 Å². The number of carbonyl (C=O) groups excluding carboxylic acids is 2. The molecule has 0 aliphatic rings. The van der Waals surface area contributed by atoms with Crippen molar-refractivity contribution >= 4 is 35.0 Å². The molecule has 5 N–H and O–H groups in total. The van der Waals surface area contributed by atoms with Crippen molar-refractivity contribution in [2.45, 2.75) is 0 Å². The standard InChI is InChI=1S/C17H21N7O4/c1-19-9-15(25)21-14-8-7-12(16(18)22-14)24-23-11-5-3-4-6-13(11)27-10-28-17(26)20-2/h3-8,19H,9-10H2,1-2H3,(H,20,26)(H3,18,21,22,25)/b24-23+. The first-order valence-electron chi connectivity index (χ1n) is 8.22. The predicted molar refractivity (Wildman–Crippen MR) is 103 cm³/mol. The molecule has 148 valence electrons. The molecular formula is C17H21N7O4. The number of nitrogens with one attached hydrogen (secondary N) is 3. The highest BCUT2D eigenvalue weighted by atomic mass is 16.7. The van der Waals surface area contributed by atoms with E-state index in [1.54, 1.807) is 43.4 Å². The Morgan fingerprint density at radius 2 is 1.86 bits per heavy atom. The molecule has 11 heteroatoms. The molecule has 0 bridgehead atoms. The van der Waals surface area contributed by atoms with Crippen LogP contribution in [-0.2, 0) is 9.53 Å². The number of pyridine rings is 1. The average Bonchev–Trinajstić information content (AvgIpc) is 2.68. The van der Waals surface area contributed by atoms with Crippen molar-refractivity contribution in [2.24, 2.45) is 10.2 Å². The SMILES string of the molecule is CNCC(=O)Nc1ccc(/N=N/c2ccccc2OCOC(=O)NC)c(N)n1. The van der Waals surface area contributed by atoms with Gasteiger partial charge in [-0.15, -0.1) is 10.2 Å². The fourth-order valence-electron chi connectivity index (χ4n) is 1.96. The summed E-state index contributed by atoms with van der Waals surface area (Å²) in [5, 5.41) is 15.8. The minimum absolute atomic E-state index is 0.104. The Morgan fingerprint density at radius 3 is 2.57 bits per heavy atom. The molecule has 0 fully saturated rings. The number of hydrogen-bond acceptors (Lipinski definition) is 9. The second-order valence-corrected chi connectivity index (χ2v) is 5.29. The Balaban J connectivity index is 2.07. The molecular weight excluding hydrogens is 366 g/mol. The summed E-state index contributed by atoms with van der Waals surface area (Å²) in [6, 6.07) is 9.98. The Hall–Kier alpha value is -3.73. The third-order valence-electron chi connectivity index (χ3n) is 3.25. The summed E-state index contributed by atoms with van der Waals surface area (Å²) in [6.07, 6.45) is -0.611. The van der Waals surface area contributed by atoms with Gasteiger partial charge in [-0.25, -0.2) is 9.78 Å². The van der Waals surface area contributed by atoms with Gasteiger partial charge in [0.25, 0.3) is 0 Å². The number of aromatic nitrogens is 1. The topological polar surface area (TPSA) is 152 Å². The van der Waals surface area contributed by atoms with Gasteiger partial charge in [0.2, 0.25) is 12.7 Å². The van der Waals surface area contributed by atoms with Crippen LogP contribution in [0, 0.1) is 0 Å². The maximum Gasteiger partial charge on any atom is 0.409 e. The second kappa shape index (κ2) is 10.4. The molecule has 11 nitrogen and oxygen atoms in total. The number of nitrogen functional groups attached to an aromatic ring is 1. The van der Waals surface area contributed by atoms with Crippen molar-refractivity contribution in [3.05, 3.63) is 36.4 Å². The highest BCUT2D eigenvalue weighted by molar-refractivity contribution is 5.91. The molecule has 0 aliphatic carbocycles. The molecule has 0 unspecified atom stereocenters. The Morgan fingerprint density at radius 1 is 1.11 bits per heavy atom. The Bertz CT molecular complexity index is 857. The van der Waals surface area contributed by atoms with Crippen molar-refractivity contribution < 1.29 is 19.1 Å². The van der Waals surface area contributed by atoms with E-state index < -0.39 is 6.09 Å². The molecule has 28 heavy (non-hydrogen) atoms. The maximum absolute atomic E-state index is 11.6. The van der Waals surface area contributed by atoms with Crippen LogP contribution in [0.3, 0.4) is 0 Å². The molecule has 0 spiro atoms. The molecule has 0 saturated heterocycles. The van der Waals surface area contributed by atoms with E-state index in [1.165, 1.54) is 7.05 Å². The van der Waals surface area contributed by atoms with Crippen LogP contribution in [0.5, 0.6) is 5.75 Å². The number of nitrogens with two attached hydrogens (primary N) is 1. The smallest absolute Gasteiger partial charge is 0.409 e. The number of azo groups is 1. The van der Waals surface area contributed by atoms with E-state index in [4.69, 9.17) is 15.2 Å². The average molecular weight is 387 g/mol. The van der Waals surface area contributed by atoms with Gasteiger partial charge in [-0.1, -0.05) is 12.1 Å². The number of anilines is 2. The fourth-order valence-corrected chi connectivity index (χ4v) is 1.96. The van der Waals surface area contributed by atoms with E-state index in [0.717, 1.165) is 0 Å². The molecule has 0 aliphatic heterocycles. The maximum atomic E-state index is 11.6. The summed E-state index contributed by atoms with van der Waals surface area (Å²) in [7, 11) is 3.11. The summed E-state index contributed by atoms with van der Waals surface area (Å²) >= 11 is 0. The number of carbonyl (C=O) groups is 2. The summed E-state index contributed by atoms with van der Waals surface area (Å²) < 4.78 is 10.2. The third kappa shape index (κ3) is 6.21. The number of alkyl carbamates (subject to hydrolysis) is 1. The number of nitrogens with zero attached hydrogens (tertiary/aromatic N) is 3. The lowest BCUT2D eigenvalue weighted by Gasteiger charge is -2.08. The van der Waals surface area contributed by atoms with Crippen LogP contribution >= 0.6 is 0 Å². The Labute approximate surface area is 161 Å². The minimum atomic E-state index is -0.611. The first-order chi connectivity index (χ1) is 13.5. The molecule has 2 amide bonds. The predicted octanol–water partition coefficient (Wildman–Crippen LogP) is 1.93. The van der Waals surface area contributed by atoms with E-state index in [0.29, 0.717) is 22.9 Å². The minimum Gasteiger partial charge on any atom is -0.455 e. The molecule has 1 aromatic carbocycles. The Kier molecular flexibility index (Phi) is 7.66. The lowest BCUT2D eigenvalue weighted by Crippen LogP contribution is -2.25. The molecule has 0 atom stereocenters. The van der Waals surface area contributed by atoms with Gasteiger partial charge in [0.05, 0.1) is 6.54 Å². The number of hydrogen-bond donors (Lipinski definition) is 4. The van der Waals surface area contributed by atoms with Crippen LogP contribution < -0.4 is 26.4 Å². The van der Waals surface area contributed by atoms with E-state index in [-0.39, 0.29) is 25.1 Å². The molecule has 0 saturated carbocycles. The largest absolute Gasteiger partial charge is 0.455 e. The zero-order valence-corrected chi connectivity index (χ0v) is 15.4. The number of likely N-dealkylation sites (N-methyl/N-ethyl adjacent to an activating group) is 1. The molecule has 2 rings (SSSR count). The zero-order chi connectivity index (χ0) is 20.4. The third-order valence-corrected chi connectivity index (χ3v) is 3.25. The van der Waals surface area contributed by atoms with Gasteiger partial charge in [0.1, 0.15) is 17.2 Å². The van der Waals surface area contributed by atoms with Crippen LogP contribution in [-0.4, -0.2) is 44.4 Å². The fraction of sp³-hybridized carbons (Fsp3) is 0.235. The van der Waals surface area contributed by atoms with Crippen molar-refractivity contribution in [3.8, 4) is 5.75 Å². The molecule has 0 radical (unpaired) electrons. The van der Waals surface area contributed by atoms with Crippen LogP contribution in [0.15, 0.2) is 46.6 Å². The highest BCUT2D eigenvalue weighted by Gasteiger charge is 2.07. The lowest BCUT2D eigenvalue weighted by atomic mass is 10.3. The monoisotopic (exact) mass is 387 g/mol. The summed E-state index contributed by atoms with van der Waals surface area (Å²) in [5.74, 6) is 0.547. The molecule has 1 aromatic heterocycles. The van der Waals surface area contributed by atoms with Crippen molar-refractivity contribution in [2.75, 3.05) is 38.5 Å². The summed E-state index contributed by atoms with van der Waals surface area (Å²) in [4.78, 5) is 26.7. The van der Waals surface area contributed by atoms with Gasteiger partial charge in [-0.2, -0.15) is 0 Å². The van der Waals surface area contributed by atoms with Crippen LogP contribution in [0.1, 0.15) is 0 Å². The van der Waals surface area contributed by atoms with Gasteiger partial charge in [0, 0.05) is 7.05 Å². The summed E-state index contributed by atoms with van der Waals surface area (Å²) in [5.41, 5.74) is 6.61. The molecule has 1 heterocycles. The number of ether oxygens (including phenoxy) is 2. The van der Waals surface area contributed by atoms with Crippen molar-refractivity contribution in [1.82, 2.24) is 15.6 Å². The number of amides is 2. The van der Waals surface area contributed by atoms with Crippen LogP contribution in [0.2, 0.25) is 0 Å². The van der Waals surface area contributed by atoms with E-state index >= 15 is 0 Å². The van der Waals surface area contributed by atoms with Gasteiger partial charge in [0.15, 0.2) is 11.6 Å². The number of para-hydroxylation sites is 1. The quantitative estimate of drug-likeness (QED) is 0.399. The van der Waals surface area contributed by atoms with E-state index in [2.05, 4.69) is 31.2 Å². The first kappa shape index (κ1) is 20.6. The van der Waals surface area contributed by atoms with Crippen molar-refractivity contribution in [1.29, 1.82) is 0 Å². The normalized spacial score (nSPS) is 10.5.